The lowest BCUT2D eigenvalue weighted by atomic mass is 10.1. The second-order valence-electron chi connectivity index (χ2n) is 7.16. The van der Waals surface area contributed by atoms with Gasteiger partial charge in [0.15, 0.2) is 0 Å². The third-order valence-corrected chi connectivity index (χ3v) is 5.13. The van der Waals surface area contributed by atoms with Crippen molar-refractivity contribution >= 4 is 40.8 Å². The fourth-order valence-electron chi connectivity index (χ4n) is 3.26. The molecule has 4 rings (SSSR count). The van der Waals surface area contributed by atoms with Crippen LogP contribution in [0.5, 0.6) is 0 Å². The zero-order valence-electron chi connectivity index (χ0n) is 17.1. The monoisotopic (exact) mass is 451 g/mol. The summed E-state index contributed by atoms with van der Waals surface area (Å²) in [6.07, 6.45) is 1.38. The van der Waals surface area contributed by atoms with Gasteiger partial charge in [0.2, 0.25) is 0 Å². The van der Waals surface area contributed by atoms with Crippen molar-refractivity contribution in [1.29, 1.82) is 0 Å². The summed E-state index contributed by atoms with van der Waals surface area (Å²) >= 11 is 5.80. The Morgan fingerprint density at radius 3 is 2.47 bits per heavy atom. The van der Waals surface area contributed by atoms with E-state index in [4.69, 9.17) is 11.6 Å². The van der Waals surface area contributed by atoms with Crippen LogP contribution in [0.2, 0.25) is 5.02 Å². The lowest BCUT2D eigenvalue weighted by molar-refractivity contribution is 0.102. The van der Waals surface area contributed by atoms with E-state index >= 15 is 0 Å². The number of halogens is 2. The molecule has 0 atom stereocenters. The number of nitrogens with one attached hydrogen (secondary N) is 2. The second kappa shape index (κ2) is 9.15. The molecule has 0 spiro atoms. The number of aliphatic imine (C=N–C) groups is 1. The number of carbonyl (C=O) groups excluding carboxylic acids is 2. The standard InChI is InChI=1S/C23H19ClFN5O2/c1-30-11-10-26-21(30)14-2-4-15(5-3-14)22(31)28-19-8-7-17(25)12-18(19)23(32)29-20-9-6-16(24)13-27-20/h2-9,12-13H,10-11H2,1H3,(H,28,31)(H,27,29,32). The van der Waals surface area contributed by atoms with Gasteiger partial charge < -0.3 is 15.5 Å². The fourth-order valence-corrected chi connectivity index (χ4v) is 3.37. The summed E-state index contributed by atoms with van der Waals surface area (Å²) in [5, 5.41) is 5.66. The van der Waals surface area contributed by atoms with Crippen LogP contribution in [-0.2, 0) is 0 Å². The van der Waals surface area contributed by atoms with E-state index in [9.17, 15) is 14.0 Å². The Labute approximate surface area is 188 Å². The molecule has 2 amide bonds. The molecule has 3 aromatic rings. The Morgan fingerprint density at radius 1 is 1.03 bits per heavy atom. The molecule has 2 aromatic carbocycles. The lowest BCUT2D eigenvalue weighted by Gasteiger charge is -2.14. The van der Waals surface area contributed by atoms with Gasteiger partial charge in [-0.1, -0.05) is 23.7 Å². The maximum atomic E-state index is 13.8. The lowest BCUT2D eigenvalue weighted by Crippen LogP contribution is -2.23. The molecular formula is C23H19ClFN5O2. The minimum atomic E-state index is -0.618. The van der Waals surface area contributed by atoms with Crippen LogP contribution in [0.15, 0.2) is 65.8 Å². The number of carbonyl (C=O) groups is 2. The molecule has 1 aliphatic rings. The average molecular weight is 452 g/mol. The average Bonchev–Trinajstić information content (AvgIpc) is 3.22. The molecule has 1 aromatic heterocycles. The number of likely N-dealkylation sites (N-methyl/N-ethyl adjacent to an activating group) is 1. The number of benzene rings is 2. The number of aromatic nitrogens is 1. The quantitative estimate of drug-likeness (QED) is 0.612. The van der Waals surface area contributed by atoms with Crippen LogP contribution in [0.3, 0.4) is 0 Å². The van der Waals surface area contributed by atoms with Gasteiger partial charge in [-0.15, -0.1) is 0 Å². The van der Waals surface area contributed by atoms with Crippen molar-refractivity contribution in [2.24, 2.45) is 4.99 Å². The van der Waals surface area contributed by atoms with Crippen LogP contribution in [0.1, 0.15) is 26.3 Å². The van der Waals surface area contributed by atoms with E-state index in [0.29, 0.717) is 10.6 Å². The van der Waals surface area contributed by atoms with Crippen molar-refractivity contribution in [3.8, 4) is 0 Å². The predicted molar refractivity (Wildman–Crippen MR) is 122 cm³/mol. The van der Waals surface area contributed by atoms with Crippen LogP contribution in [-0.4, -0.2) is 47.7 Å². The van der Waals surface area contributed by atoms with E-state index < -0.39 is 17.6 Å². The number of nitrogens with zero attached hydrogens (tertiary/aromatic N) is 3. The van der Waals surface area contributed by atoms with Crippen molar-refractivity contribution < 1.29 is 14.0 Å². The smallest absolute Gasteiger partial charge is 0.259 e. The maximum Gasteiger partial charge on any atom is 0.259 e. The Morgan fingerprint density at radius 2 is 1.81 bits per heavy atom. The van der Waals surface area contributed by atoms with Gasteiger partial charge >= 0.3 is 0 Å². The van der Waals surface area contributed by atoms with Gasteiger partial charge in [0.25, 0.3) is 11.8 Å². The molecule has 0 unspecified atom stereocenters. The number of amidine groups is 1. The van der Waals surface area contributed by atoms with Crippen LogP contribution in [0.4, 0.5) is 15.9 Å². The first-order valence-electron chi connectivity index (χ1n) is 9.80. The second-order valence-corrected chi connectivity index (χ2v) is 7.60. The molecule has 0 radical (unpaired) electrons. The van der Waals surface area contributed by atoms with Crippen LogP contribution >= 0.6 is 11.6 Å². The van der Waals surface area contributed by atoms with Gasteiger partial charge in [-0.05, 0) is 42.5 Å². The Bertz CT molecular complexity index is 1200. The molecule has 0 saturated heterocycles. The minimum Gasteiger partial charge on any atom is -0.358 e. The fraction of sp³-hybridized carbons (Fsp3) is 0.130. The first-order valence-corrected chi connectivity index (χ1v) is 10.2. The van der Waals surface area contributed by atoms with Gasteiger partial charge in [-0.25, -0.2) is 9.37 Å². The van der Waals surface area contributed by atoms with Crippen molar-refractivity contribution in [3.63, 3.8) is 0 Å². The third kappa shape index (κ3) is 4.76. The van der Waals surface area contributed by atoms with Gasteiger partial charge in [-0.2, -0.15) is 0 Å². The third-order valence-electron chi connectivity index (χ3n) is 4.91. The summed E-state index contributed by atoms with van der Waals surface area (Å²) in [6, 6.07) is 13.7. The number of amides is 2. The SMILES string of the molecule is CN1CCN=C1c1ccc(C(=O)Nc2ccc(F)cc2C(=O)Nc2ccc(Cl)cn2)cc1. The van der Waals surface area contributed by atoms with Gasteiger partial charge in [0.05, 0.1) is 22.8 Å². The summed E-state index contributed by atoms with van der Waals surface area (Å²) in [5.74, 6) is -0.527. The highest BCUT2D eigenvalue weighted by atomic mass is 35.5. The van der Waals surface area contributed by atoms with Crippen molar-refractivity contribution in [2.45, 2.75) is 0 Å². The Balaban J connectivity index is 1.52. The topological polar surface area (TPSA) is 86.7 Å². The van der Waals surface area contributed by atoms with E-state index in [1.807, 2.05) is 24.1 Å². The maximum absolute atomic E-state index is 13.8. The summed E-state index contributed by atoms with van der Waals surface area (Å²) < 4.78 is 13.8. The number of rotatable bonds is 5. The molecule has 0 bridgehead atoms. The van der Waals surface area contributed by atoms with Gasteiger partial charge in [0, 0.05) is 30.9 Å². The molecule has 162 valence electrons. The van der Waals surface area contributed by atoms with Gasteiger partial charge in [-0.3, -0.25) is 14.6 Å². The molecule has 0 fully saturated rings. The first kappa shape index (κ1) is 21.5. The molecule has 2 heterocycles. The summed E-state index contributed by atoms with van der Waals surface area (Å²) in [4.78, 5) is 36.0. The molecule has 0 aliphatic carbocycles. The highest BCUT2D eigenvalue weighted by molar-refractivity contribution is 6.30. The number of pyridine rings is 1. The van der Waals surface area contributed by atoms with Crippen molar-refractivity contribution in [3.05, 3.63) is 88.3 Å². The van der Waals surface area contributed by atoms with E-state index in [2.05, 4.69) is 20.6 Å². The molecule has 1 aliphatic heterocycles. The Kier molecular flexibility index (Phi) is 6.13. The van der Waals surface area contributed by atoms with E-state index in [1.165, 1.54) is 24.4 Å². The molecule has 0 saturated carbocycles. The highest BCUT2D eigenvalue weighted by Gasteiger charge is 2.18. The largest absolute Gasteiger partial charge is 0.358 e. The van der Waals surface area contributed by atoms with E-state index in [0.717, 1.165) is 30.6 Å². The number of hydrogen-bond acceptors (Lipinski definition) is 5. The zero-order chi connectivity index (χ0) is 22.7. The van der Waals surface area contributed by atoms with Crippen molar-refractivity contribution in [1.82, 2.24) is 9.88 Å². The summed E-state index contributed by atoms with van der Waals surface area (Å²) in [7, 11) is 1.97. The van der Waals surface area contributed by atoms with Crippen LogP contribution in [0.25, 0.3) is 0 Å². The number of anilines is 2. The zero-order valence-corrected chi connectivity index (χ0v) is 17.9. The molecular weight excluding hydrogens is 433 g/mol. The number of hydrogen-bond donors (Lipinski definition) is 2. The molecule has 2 N–H and O–H groups in total. The van der Waals surface area contributed by atoms with Gasteiger partial charge in [0.1, 0.15) is 17.5 Å². The predicted octanol–water partition coefficient (Wildman–Crippen LogP) is 4.07. The molecule has 7 nitrogen and oxygen atoms in total. The summed E-state index contributed by atoms with van der Waals surface area (Å²) in [5.41, 5.74) is 1.45. The normalized spacial score (nSPS) is 13.0. The van der Waals surface area contributed by atoms with Crippen LogP contribution < -0.4 is 10.6 Å². The Hall–Kier alpha value is -3.78. The van der Waals surface area contributed by atoms with Crippen LogP contribution in [0, 0.1) is 5.82 Å². The van der Waals surface area contributed by atoms with Crippen molar-refractivity contribution in [2.75, 3.05) is 30.8 Å². The summed E-state index contributed by atoms with van der Waals surface area (Å²) in [6.45, 7) is 1.60. The molecule has 9 heteroatoms. The first-order chi connectivity index (χ1) is 15.4. The van der Waals surface area contributed by atoms with E-state index in [-0.39, 0.29) is 17.1 Å². The minimum absolute atomic E-state index is 0.0337. The van der Waals surface area contributed by atoms with E-state index in [1.54, 1.807) is 18.2 Å². The highest BCUT2D eigenvalue weighted by Crippen LogP contribution is 2.21. The molecule has 32 heavy (non-hydrogen) atoms.